The molecule has 1 aliphatic rings. The molecule has 0 bridgehead atoms. The molecule has 0 aromatic heterocycles. The van der Waals surface area contributed by atoms with Crippen LogP contribution >= 0.6 is 0 Å². The largest absolute Gasteiger partial charge is 0.489 e. The van der Waals surface area contributed by atoms with Crippen molar-refractivity contribution in [2.75, 3.05) is 13.1 Å². The summed E-state index contributed by atoms with van der Waals surface area (Å²) in [6, 6.07) is 10.2. The molecule has 0 radical (unpaired) electrons. The third-order valence-electron chi connectivity index (χ3n) is 4.96. The van der Waals surface area contributed by atoms with Crippen molar-refractivity contribution >= 4 is 6.09 Å². The zero-order valence-corrected chi connectivity index (χ0v) is 17.3. The van der Waals surface area contributed by atoms with Crippen molar-refractivity contribution in [3.8, 4) is 11.5 Å². The van der Waals surface area contributed by atoms with Crippen LogP contribution in [0.4, 0.5) is 18.0 Å². The van der Waals surface area contributed by atoms with Crippen molar-refractivity contribution in [1.29, 1.82) is 0 Å². The lowest BCUT2D eigenvalue weighted by atomic mass is 10.1. The molecule has 1 N–H and O–H groups in total. The Kier molecular flexibility index (Phi) is 7.62. The number of hydrogen-bond donors (Lipinski definition) is 1. The van der Waals surface area contributed by atoms with Crippen LogP contribution in [0.15, 0.2) is 42.5 Å². The summed E-state index contributed by atoms with van der Waals surface area (Å²) >= 11 is 0. The molecule has 2 unspecified atom stereocenters. The maximum absolute atomic E-state index is 14.2. The van der Waals surface area contributed by atoms with Crippen LogP contribution in [0.1, 0.15) is 25.0 Å². The van der Waals surface area contributed by atoms with Crippen LogP contribution < -0.4 is 14.8 Å². The molecule has 1 fully saturated rings. The number of benzene rings is 2. The Morgan fingerprint density at radius 2 is 1.71 bits per heavy atom. The van der Waals surface area contributed by atoms with Gasteiger partial charge < -0.3 is 24.4 Å². The first-order chi connectivity index (χ1) is 14.8. The average molecular weight is 438 g/mol. The van der Waals surface area contributed by atoms with Crippen molar-refractivity contribution in [3.63, 3.8) is 0 Å². The molecule has 31 heavy (non-hydrogen) atoms. The first kappa shape index (κ1) is 22.7. The fourth-order valence-electron chi connectivity index (χ4n) is 3.39. The Morgan fingerprint density at radius 1 is 1.06 bits per heavy atom. The second kappa shape index (κ2) is 10.4. The molecule has 0 spiro atoms. The Labute approximate surface area is 178 Å². The van der Waals surface area contributed by atoms with E-state index in [1.54, 1.807) is 17.0 Å². The Bertz CT molecular complexity index is 870. The van der Waals surface area contributed by atoms with E-state index < -0.39 is 18.5 Å². The Morgan fingerprint density at radius 3 is 2.35 bits per heavy atom. The number of carbonyl (C=O) groups is 1. The number of alkyl halides is 2. The van der Waals surface area contributed by atoms with Crippen LogP contribution in [-0.2, 0) is 18.0 Å². The van der Waals surface area contributed by atoms with Gasteiger partial charge in [-0.1, -0.05) is 12.1 Å². The van der Waals surface area contributed by atoms with Crippen LogP contribution in [0.5, 0.6) is 11.5 Å². The summed E-state index contributed by atoms with van der Waals surface area (Å²) in [7, 11) is 0. The summed E-state index contributed by atoms with van der Waals surface area (Å²) in [5.74, 6) is -0.0583. The number of carbonyl (C=O) groups excluding carboxylic acids is 1. The topological polar surface area (TPSA) is 60.0 Å². The smallest absolute Gasteiger partial charge is 0.410 e. The van der Waals surface area contributed by atoms with Gasteiger partial charge in [-0.2, -0.15) is 8.78 Å². The lowest BCUT2D eigenvalue weighted by Gasteiger charge is -2.38. The molecule has 1 amide bonds. The molecule has 9 heteroatoms. The van der Waals surface area contributed by atoms with Gasteiger partial charge in [0.25, 0.3) is 0 Å². The van der Waals surface area contributed by atoms with E-state index >= 15 is 0 Å². The van der Waals surface area contributed by atoms with Crippen LogP contribution in [0.3, 0.4) is 0 Å². The highest BCUT2D eigenvalue weighted by molar-refractivity contribution is 5.68. The summed E-state index contributed by atoms with van der Waals surface area (Å²) in [5, 5.41) is 3.23. The third kappa shape index (κ3) is 6.27. The van der Waals surface area contributed by atoms with Gasteiger partial charge in [0, 0.05) is 30.7 Å². The predicted molar refractivity (Wildman–Crippen MR) is 108 cm³/mol. The SMILES string of the molecule is CC1CNCC(C)N1C(=O)OCc1cc(OCc2ccc(OC(F)F)cc2)ccc1F. The standard InChI is InChI=1S/C22H25F3N2O4/c1-14-10-26-11-15(2)27(14)22(28)30-13-17-9-19(7-8-20(17)23)29-12-16-3-5-18(6-4-16)31-21(24)25/h3-9,14-15,21,26H,10-13H2,1-2H3. The zero-order chi connectivity index (χ0) is 22.4. The van der Waals surface area contributed by atoms with Gasteiger partial charge >= 0.3 is 12.7 Å². The van der Waals surface area contributed by atoms with Gasteiger partial charge in [-0.05, 0) is 49.7 Å². The molecule has 3 rings (SSSR count). The van der Waals surface area contributed by atoms with Gasteiger partial charge in [0.2, 0.25) is 0 Å². The van der Waals surface area contributed by atoms with Crippen molar-refractivity contribution in [2.45, 2.75) is 45.8 Å². The Hall–Kier alpha value is -2.94. The first-order valence-electron chi connectivity index (χ1n) is 9.94. The van der Waals surface area contributed by atoms with Gasteiger partial charge in [0.05, 0.1) is 0 Å². The zero-order valence-electron chi connectivity index (χ0n) is 17.3. The molecule has 1 saturated heterocycles. The molecular weight excluding hydrogens is 413 g/mol. The fourth-order valence-corrected chi connectivity index (χ4v) is 3.39. The van der Waals surface area contributed by atoms with Crippen LogP contribution in [0.2, 0.25) is 0 Å². The summed E-state index contributed by atoms with van der Waals surface area (Å²) in [4.78, 5) is 14.1. The number of nitrogens with one attached hydrogen (secondary N) is 1. The monoisotopic (exact) mass is 438 g/mol. The minimum Gasteiger partial charge on any atom is -0.489 e. The normalized spacial score (nSPS) is 18.7. The minimum absolute atomic E-state index is 0.0201. The number of nitrogens with zero attached hydrogens (tertiary/aromatic N) is 1. The Balaban J connectivity index is 1.56. The number of ether oxygens (including phenoxy) is 3. The lowest BCUT2D eigenvalue weighted by molar-refractivity contribution is -0.0498. The predicted octanol–water partition coefficient (Wildman–Crippen LogP) is 4.32. The minimum atomic E-state index is -2.88. The van der Waals surface area contributed by atoms with E-state index in [-0.39, 0.29) is 36.6 Å². The van der Waals surface area contributed by atoms with Crippen molar-refractivity contribution in [2.24, 2.45) is 0 Å². The third-order valence-corrected chi connectivity index (χ3v) is 4.96. The van der Waals surface area contributed by atoms with Gasteiger partial charge in [-0.15, -0.1) is 0 Å². The van der Waals surface area contributed by atoms with Crippen LogP contribution in [0, 0.1) is 5.82 Å². The number of amides is 1. The van der Waals surface area contributed by atoms with Gasteiger partial charge in [-0.3, -0.25) is 0 Å². The van der Waals surface area contributed by atoms with Crippen molar-refractivity contribution in [1.82, 2.24) is 10.2 Å². The average Bonchev–Trinajstić information content (AvgIpc) is 2.72. The number of halogens is 3. The van der Waals surface area contributed by atoms with E-state index in [1.807, 2.05) is 13.8 Å². The lowest BCUT2D eigenvalue weighted by Crippen LogP contribution is -2.57. The van der Waals surface area contributed by atoms with E-state index in [2.05, 4.69) is 10.1 Å². The van der Waals surface area contributed by atoms with Gasteiger partial charge in [-0.25, -0.2) is 9.18 Å². The number of rotatable bonds is 7. The summed E-state index contributed by atoms with van der Waals surface area (Å²) in [6.45, 7) is 2.24. The van der Waals surface area contributed by atoms with E-state index in [0.717, 1.165) is 5.56 Å². The molecular formula is C22H25F3N2O4. The molecule has 1 heterocycles. The molecule has 6 nitrogen and oxygen atoms in total. The quantitative estimate of drug-likeness (QED) is 0.698. The van der Waals surface area contributed by atoms with Crippen molar-refractivity contribution in [3.05, 3.63) is 59.4 Å². The second-order valence-electron chi connectivity index (χ2n) is 7.38. The molecule has 2 atom stereocenters. The molecule has 0 saturated carbocycles. The number of hydrogen-bond acceptors (Lipinski definition) is 5. The van der Waals surface area contributed by atoms with Crippen LogP contribution in [0.25, 0.3) is 0 Å². The van der Waals surface area contributed by atoms with E-state index in [1.165, 1.54) is 30.3 Å². The highest BCUT2D eigenvalue weighted by Crippen LogP contribution is 2.21. The maximum atomic E-state index is 14.2. The van der Waals surface area contributed by atoms with Crippen LogP contribution in [-0.4, -0.2) is 42.8 Å². The molecule has 168 valence electrons. The summed E-state index contributed by atoms with van der Waals surface area (Å²) in [6.07, 6.45) is -0.488. The summed E-state index contributed by atoms with van der Waals surface area (Å²) in [5.41, 5.74) is 0.919. The molecule has 1 aliphatic heterocycles. The van der Waals surface area contributed by atoms with Crippen molar-refractivity contribution < 1.29 is 32.2 Å². The van der Waals surface area contributed by atoms with Gasteiger partial charge in [0.1, 0.15) is 30.5 Å². The number of piperazine rings is 1. The highest BCUT2D eigenvalue weighted by atomic mass is 19.3. The van der Waals surface area contributed by atoms with E-state index in [0.29, 0.717) is 18.8 Å². The molecule has 0 aliphatic carbocycles. The molecule has 2 aromatic carbocycles. The maximum Gasteiger partial charge on any atom is 0.410 e. The highest BCUT2D eigenvalue weighted by Gasteiger charge is 2.30. The summed E-state index contributed by atoms with van der Waals surface area (Å²) < 4.78 is 53.9. The second-order valence-corrected chi connectivity index (χ2v) is 7.38. The fraction of sp³-hybridized carbons (Fsp3) is 0.409. The van der Waals surface area contributed by atoms with E-state index in [4.69, 9.17) is 9.47 Å². The molecule has 2 aromatic rings. The first-order valence-corrected chi connectivity index (χ1v) is 9.94. The van der Waals surface area contributed by atoms with E-state index in [9.17, 15) is 18.0 Å². The van der Waals surface area contributed by atoms with Gasteiger partial charge in [0.15, 0.2) is 0 Å².